The predicted molar refractivity (Wildman–Crippen MR) is 88.3 cm³/mol. The van der Waals surface area contributed by atoms with E-state index in [0.29, 0.717) is 0 Å². The van der Waals surface area contributed by atoms with Crippen molar-refractivity contribution >= 4 is 0 Å². The summed E-state index contributed by atoms with van der Waals surface area (Å²) in [6.45, 7) is 6.80. The van der Waals surface area contributed by atoms with Crippen LogP contribution in [0.3, 0.4) is 0 Å². The van der Waals surface area contributed by atoms with E-state index in [4.69, 9.17) is 0 Å². The molecular formula is C20H30O. The van der Waals surface area contributed by atoms with Gasteiger partial charge in [0, 0.05) is 0 Å². The highest BCUT2D eigenvalue weighted by Crippen LogP contribution is 2.50. The lowest BCUT2D eigenvalue weighted by Gasteiger charge is -2.26. The molecule has 1 nitrogen and oxygen atoms in total. The molecule has 2 saturated carbocycles. The quantitative estimate of drug-likeness (QED) is 0.785. The zero-order valence-corrected chi connectivity index (χ0v) is 13.8. The number of aliphatic hydroxyl groups excluding tert-OH is 1. The third kappa shape index (κ3) is 3.04. The van der Waals surface area contributed by atoms with Gasteiger partial charge in [0.05, 0.1) is 6.10 Å². The van der Waals surface area contributed by atoms with Gasteiger partial charge in [0.1, 0.15) is 0 Å². The highest BCUT2D eigenvalue weighted by atomic mass is 16.3. The lowest BCUT2D eigenvalue weighted by molar-refractivity contribution is 0.125. The fraction of sp³-hybridized carbons (Fsp3) is 0.700. The molecule has 2 fully saturated rings. The van der Waals surface area contributed by atoms with Crippen LogP contribution < -0.4 is 0 Å². The minimum atomic E-state index is -0.270. The van der Waals surface area contributed by atoms with Gasteiger partial charge in [0.15, 0.2) is 0 Å². The summed E-state index contributed by atoms with van der Waals surface area (Å²) in [5, 5.41) is 10.6. The Kier molecular flexibility index (Phi) is 4.14. The highest BCUT2D eigenvalue weighted by molar-refractivity contribution is 5.29. The van der Waals surface area contributed by atoms with Gasteiger partial charge in [-0.25, -0.2) is 0 Å². The monoisotopic (exact) mass is 286 g/mol. The normalized spacial score (nSPS) is 29.8. The first kappa shape index (κ1) is 15.1. The molecule has 0 aliphatic heterocycles. The summed E-state index contributed by atoms with van der Waals surface area (Å²) in [7, 11) is 0. The fourth-order valence-corrected chi connectivity index (χ4v) is 4.45. The molecule has 4 unspecified atom stereocenters. The summed E-state index contributed by atoms with van der Waals surface area (Å²) in [6.07, 6.45) is 7.48. The van der Waals surface area contributed by atoms with Crippen molar-refractivity contribution < 1.29 is 5.11 Å². The Morgan fingerprint density at radius 2 is 1.86 bits per heavy atom. The molecule has 1 aromatic rings. The summed E-state index contributed by atoms with van der Waals surface area (Å²) < 4.78 is 0. The smallest absolute Gasteiger partial charge is 0.0792 e. The summed E-state index contributed by atoms with van der Waals surface area (Å²) in [4.78, 5) is 0. The van der Waals surface area contributed by atoms with E-state index in [1.54, 1.807) is 0 Å². The zero-order chi connectivity index (χ0) is 15.0. The van der Waals surface area contributed by atoms with Gasteiger partial charge in [-0.1, -0.05) is 51.5 Å². The van der Waals surface area contributed by atoms with Crippen LogP contribution in [0.4, 0.5) is 0 Å². The molecule has 2 aliphatic carbocycles. The molecule has 2 bridgehead atoms. The molecule has 1 heteroatoms. The summed E-state index contributed by atoms with van der Waals surface area (Å²) in [5.74, 6) is 2.65. The number of fused-ring (bicyclic) bond motifs is 2. The van der Waals surface area contributed by atoms with Crippen LogP contribution in [-0.4, -0.2) is 5.11 Å². The Morgan fingerprint density at radius 1 is 1.14 bits per heavy atom. The summed E-state index contributed by atoms with van der Waals surface area (Å²) in [6, 6.07) is 8.71. The van der Waals surface area contributed by atoms with Gasteiger partial charge in [-0.2, -0.15) is 0 Å². The lowest BCUT2D eigenvalue weighted by atomic mass is 9.81. The first-order chi connectivity index (χ1) is 9.99. The molecule has 4 atom stereocenters. The van der Waals surface area contributed by atoms with Gasteiger partial charge in [0.25, 0.3) is 0 Å². The van der Waals surface area contributed by atoms with E-state index < -0.39 is 0 Å². The average Bonchev–Trinajstić information content (AvgIpc) is 3.10. The number of benzene rings is 1. The van der Waals surface area contributed by atoms with Crippen molar-refractivity contribution in [3.8, 4) is 0 Å². The van der Waals surface area contributed by atoms with Crippen LogP contribution in [0.15, 0.2) is 24.3 Å². The molecule has 3 rings (SSSR count). The molecule has 21 heavy (non-hydrogen) atoms. The van der Waals surface area contributed by atoms with Gasteiger partial charge < -0.3 is 5.11 Å². The number of aliphatic hydroxyl groups is 1. The maximum atomic E-state index is 10.6. The Labute approximate surface area is 129 Å². The Hall–Kier alpha value is -0.820. The van der Waals surface area contributed by atoms with Crippen LogP contribution in [0, 0.1) is 17.8 Å². The molecule has 2 aliphatic rings. The minimum absolute atomic E-state index is 0.230. The van der Waals surface area contributed by atoms with E-state index in [0.717, 1.165) is 36.2 Å². The SMILES string of the molecule is CCC(C)(C)c1ccc(C(O)CC2CC3CCC2C3)cc1. The molecule has 0 aromatic heterocycles. The maximum absolute atomic E-state index is 10.6. The van der Waals surface area contributed by atoms with Gasteiger partial charge in [-0.3, -0.25) is 0 Å². The van der Waals surface area contributed by atoms with E-state index in [-0.39, 0.29) is 11.5 Å². The third-order valence-electron chi connectivity index (χ3n) is 6.37. The van der Waals surface area contributed by atoms with Crippen LogP contribution in [0.1, 0.15) is 76.5 Å². The van der Waals surface area contributed by atoms with E-state index in [1.807, 2.05) is 0 Å². The van der Waals surface area contributed by atoms with Crippen molar-refractivity contribution in [1.82, 2.24) is 0 Å². The third-order valence-corrected chi connectivity index (χ3v) is 6.37. The number of hydrogen-bond donors (Lipinski definition) is 1. The largest absolute Gasteiger partial charge is 0.388 e. The van der Waals surface area contributed by atoms with Gasteiger partial charge in [0.2, 0.25) is 0 Å². The van der Waals surface area contributed by atoms with Crippen LogP contribution in [0.5, 0.6) is 0 Å². The molecule has 0 saturated heterocycles. The second kappa shape index (κ2) is 5.76. The summed E-state index contributed by atoms with van der Waals surface area (Å²) >= 11 is 0. The molecule has 0 heterocycles. The van der Waals surface area contributed by atoms with Crippen molar-refractivity contribution in [3.63, 3.8) is 0 Å². The first-order valence-electron chi connectivity index (χ1n) is 8.78. The van der Waals surface area contributed by atoms with E-state index in [9.17, 15) is 5.11 Å². The summed E-state index contributed by atoms with van der Waals surface area (Å²) in [5.41, 5.74) is 2.71. The molecule has 0 spiro atoms. The predicted octanol–water partition coefficient (Wildman–Crippen LogP) is 5.23. The Bertz CT molecular complexity index is 473. The highest BCUT2D eigenvalue weighted by Gasteiger charge is 2.40. The van der Waals surface area contributed by atoms with Crippen LogP contribution in [-0.2, 0) is 5.41 Å². The van der Waals surface area contributed by atoms with Gasteiger partial charge in [-0.05, 0) is 66.4 Å². The number of hydrogen-bond acceptors (Lipinski definition) is 1. The average molecular weight is 286 g/mol. The fourth-order valence-electron chi connectivity index (χ4n) is 4.45. The van der Waals surface area contributed by atoms with Gasteiger partial charge in [-0.15, -0.1) is 0 Å². The maximum Gasteiger partial charge on any atom is 0.0792 e. The van der Waals surface area contributed by atoms with Crippen molar-refractivity contribution in [2.45, 2.75) is 70.8 Å². The standard InChI is InChI=1S/C20H30O/c1-4-20(2,3)18-9-7-15(8-10-18)19(21)13-17-12-14-5-6-16(17)11-14/h7-10,14,16-17,19,21H,4-6,11-13H2,1-3H3. The van der Waals surface area contributed by atoms with Crippen molar-refractivity contribution in [3.05, 3.63) is 35.4 Å². The molecule has 1 N–H and O–H groups in total. The molecular weight excluding hydrogens is 256 g/mol. The van der Waals surface area contributed by atoms with E-state index in [1.165, 1.54) is 31.2 Å². The number of rotatable bonds is 5. The van der Waals surface area contributed by atoms with Crippen molar-refractivity contribution in [2.75, 3.05) is 0 Å². The second-order valence-electron chi connectivity index (χ2n) is 8.05. The molecule has 116 valence electrons. The van der Waals surface area contributed by atoms with Crippen molar-refractivity contribution in [2.24, 2.45) is 17.8 Å². The van der Waals surface area contributed by atoms with E-state index in [2.05, 4.69) is 45.0 Å². The molecule has 0 radical (unpaired) electrons. The molecule has 0 amide bonds. The van der Waals surface area contributed by atoms with Crippen LogP contribution in [0.2, 0.25) is 0 Å². The minimum Gasteiger partial charge on any atom is -0.388 e. The Morgan fingerprint density at radius 3 is 2.38 bits per heavy atom. The topological polar surface area (TPSA) is 20.2 Å². The van der Waals surface area contributed by atoms with Crippen LogP contribution in [0.25, 0.3) is 0 Å². The van der Waals surface area contributed by atoms with E-state index >= 15 is 0 Å². The zero-order valence-electron chi connectivity index (χ0n) is 13.8. The lowest BCUT2D eigenvalue weighted by Crippen LogP contribution is -2.16. The Balaban J connectivity index is 1.64. The molecule has 1 aromatic carbocycles. The van der Waals surface area contributed by atoms with Crippen molar-refractivity contribution in [1.29, 1.82) is 0 Å². The van der Waals surface area contributed by atoms with Gasteiger partial charge >= 0.3 is 0 Å². The second-order valence-corrected chi connectivity index (χ2v) is 8.05. The van der Waals surface area contributed by atoms with Crippen LogP contribution >= 0.6 is 0 Å². The first-order valence-corrected chi connectivity index (χ1v) is 8.78.